The van der Waals surface area contributed by atoms with E-state index in [0.717, 1.165) is 17.7 Å². The van der Waals surface area contributed by atoms with Crippen molar-refractivity contribution in [2.75, 3.05) is 18.0 Å². The van der Waals surface area contributed by atoms with Gasteiger partial charge in [0.1, 0.15) is 5.70 Å². The average Bonchev–Trinajstić information content (AvgIpc) is 2.99. The number of nitro benzene ring substituents is 1. The van der Waals surface area contributed by atoms with E-state index in [2.05, 4.69) is 6.92 Å². The molecule has 0 aliphatic carbocycles. The fraction of sp³-hybridized carbons (Fsp3) is 0.273. The van der Waals surface area contributed by atoms with E-state index in [4.69, 9.17) is 11.6 Å². The second-order valence-electron chi connectivity index (χ2n) is 7.59. The number of para-hydroxylation sites is 1. The summed E-state index contributed by atoms with van der Waals surface area (Å²) >= 11 is 6.28. The molecule has 154 valence electrons. The number of carbonyl (C=O) groups is 2. The predicted octanol–water partition coefficient (Wildman–Crippen LogP) is 4.26. The van der Waals surface area contributed by atoms with Crippen molar-refractivity contribution in [3.63, 3.8) is 0 Å². The van der Waals surface area contributed by atoms with Gasteiger partial charge in [-0.1, -0.05) is 30.7 Å². The lowest BCUT2D eigenvalue weighted by atomic mass is 9.97. The maximum Gasteiger partial charge on any atom is 0.282 e. The molecule has 2 heterocycles. The molecule has 2 aliphatic rings. The van der Waals surface area contributed by atoms with Crippen LogP contribution < -0.4 is 4.90 Å². The van der Waals surface area contributed by atoms with Gasteiger partial charge in [-0.3, -0.25) is 19.7 Å². The number of amides is 2. The molecule has 0 radical (unpaired) electrons. The van der Waals surface area contributed by atoms with Gasteiger partial charge in [-0.05, 0) is 48.6 Å². The lowest BCUT2D eigenvalue weighted by molar-refractivity contribution is -0.384. The number of nitrogens with zero attached hydrogens (tertiary/aromatic N) is 3. The van der Waals surface area contributed by atoms with Crippen LogP contribution in [0.5, 0.6) is 0 Å². The average molecular weight is 426 g/mol. The molecule has 8 heteroatoms. The zero-order valence-electron chi connectivity index (χ0n) is 16.4. The number of benzene rings is 2. The Morgan fingerprint density at radius 1 is 1.00 bits per heavy atom. The molecule has 0 atom stereocenters. The van der Waals surface area contributed by atoms with E-state index < -0.39 is 16.7 Å². The van der Waals surface area contributed by atoms with Crippen LogP contribution in [0.2, 0.25) is 5.02 Å². The molecule has 7 nitrogen and oxygen atoms in total. The minimum atomic E-state index is -0.497. The van der Waals surface area contributed by atoms with Crippen molar-refractivity contribution < 1.29 is 14.5 Å². The predicted molar refractivity (Wildman–Crippen MR) is 114 cm³/mol. The Balaban J connectivity index is 1.82. The summed E-state index contributed by atoms with van der Waals surface area (Å²) in [6, 6.07) is 12.4. The highest BCUT2D eigenvalue weighted by molar-refractivity contribution is 6.47. The SMILES string of the molecule is CC1CCN(C2=C(c3ccc([N+](=O)[O-])cc3)C(=O)N(c3ccccc3Cl)C2=O)CC1. The van der Waals surface area contributed by atoms with Gasteiger partial charge in [0.2, 0.25) is 0 Å². The Morgan fingerprint density at radius 3 is 2.23 bits per heavy atom. The van der Waals surface area contributed by atoms with E-state index in [-0.39, 0.29) is 11.3 Å². The van der Waals surface area contributed by atoms with Crippen LogP contribution in [0.3, 0.4) is 0 Å². The van der Waals surface area contributed by atoms with E-state index >= 15 is 0 Å². The highest BCUT2D eigenvalue weighted by Crippen LogP contribution is 2.38. The second kappa shape index (κ2) is 7.91. The van der Waals surface area contributed by atoms with E-state index in [1.54, 1.807) is 24.3 Å². The van der Waals surface area contributed by atoms with E-state index in [1.807, 2.05) is 4.90 Å². The molecule has 2 aromatic carbocycles. The first-order valence-electron chi connectivity index (χ1n) is 9.76. The fourth-order valence-corrected chi connectivity index (χ4v) is 4.13. The summed E-state index contributed by atoms with van der Waals surface area (Å²) in [5.41, 5.74) is 1.31. The van der Waals surface area contributed by atoms with Crippen molar-refractivity contribution in [2.45, 2.75) is 19.8 Å². The summed E-state index contributed by atoms with van der Waals surface area (Å²) in [5.74, 6) is -0.344. The molecule has 30 heavy (non-hydrogen) atoms. The Labute approximate surface area is 178 Å². The van der Waals surface area contributed by atoms with Crippen LogP contribution >= 0.6 is 11.6 Å². The molecule has 2 amide bonds. The molecule has 0 N–H and O–H groups in total. The van der Waals surface area contributed by atoms with E-state index in [0.29, 0.717) is 41.0 Å². The normalized spacial score (nSPS) is 17.8. The van der Waals surface area contributed by atoms with Gasteiger partial charge in [0.25, 0.3) is 17.5 Å². The molecule has 1 saturated heterocycles. The lowest BCUT2D eigenvalue weighted by Crippen LogP contribution is -2.38. The first kappa shape index (κ1) is 20.1. The quantitative estimate of drug-likeness (QED) is 0.415. The molecule has 1 fully saturated rings. The van der Waals surface area contributed by atoms with Gasteiger partial charge >= 0.3 is 0 Å². The van der Waals surface area contributed by atoms with Crippen LogP contribution in [0.4, 0.5) is 11.4 Å². The van der Waals surface area contributed by atoms with Crippen molar-refractivity contribution in [3.8, 4) is 0 Å². The summed E-state index contributed by atoms with van der Waals surface area (Å²) in [6.45, 7) is 3.51. The molecule has 4 rings (SSSR count). The van der Waals surface area contributed by atoms with Gasteiger partial charge in [-0.15, -0.1) is 0 Å². The standard InChI is InChI=1S/C22H20ClN3O4/c1-14-10-12-24(13-11-14)20-19(15-6-8-16(9-7-15)26(29)30)21(27)25(22(20)28)18-5-3-2-4-17(18)23/h2-9,14H,10-13H2,1H3. The minimum absolute atomic E-state index is 0.0765. The molecule has 0 bridgehead atoms. The molecule has 2 aliphatic heterocycles. The number of piperidine rings is 1. The first-order valence-corrected chi connectivity index (χ1v) is 10.1. The number of halogens is 1. The van der Waals surface area contributed by atoms with E-state index in [1.165, 1.54) is 24.3 Å². The maximum absolute atomic E-state index is 13.4. The molecule has 0 unspecified atom stereocenters. The molecule has 2 aromatic rings. The zero-order valence-corrected chi connectivity index (χ0v) is 17.1. The number of hydrogen-bond donors (Lipinski definition) is 0. The lowest BCUT2D eigenvalue weighted by Gasteiger charge is -2.32. The number of likely N-dealkylation sites (tertiary alicyclic amines) is 1. The fourth-order valence-electron chi connectivity index (χ4n) is 3.91. The molecule has 0 saturated carbocycles. The Kier molecular flexibility index (Phi) is 5.30. The number of imide groups is 1. The third-order valence-corrected chi connectivity index (χ3v) is 5.94. The Bertz CT molecular complexity index is 1060. The maximum atomic E-state index is 13.4. The monoisotopic (exact) mass is 425 g/mol. The third-order valence-electron chi connectivity index (χ3n) is 5.62. The van der Waals surface area contributed by atoms with Gasteiger partial charge in [-0.25, -0.2) is 4.90 Å². The van der Waals surface area contributed by atoms with Crippen LogP contribution in [0, 0.1) is 16.0 Å². The Morgan fingerprint density at radius 2 is 1.63 bits per heavy atom. The van der Waals surface area contributed by atoms with Crippen LogP contribution in [-0.2, 0) is 9.59 Å². The van der Waals surface area contributed by atoms with Crippen molar-refractivity contribution in [3.05, 3.63) is 74.9 Å². The highest BCUT2D eigenvalue weighted by Gasteiger charge is 2.43. The topological polar surface area (TPSA) is 83.8 Å². The third kappa shape index (κ3) is 3.45. The summed E-state index contributed by atoms with van der Waals surface area (Å²) in [5, 5.41) is 11.3. The summed E-state index contributed by atoms with van der Waals surface area (Å²) < 4.78 is 0. The van der Waals surface area contributed by atoms with Crippen molar-refractivity contribution in [1.29, 1.82) is 0 Å². The van der Waals surface area contributed by atoms with Gasteiger partial charge < -0.3 is 4.90 Å². The number of rotatable bonds is 4. The number of nitro groups is 1. The molecular formula is C22H20ClN3O4. The Hall–Kier alpha value is -3.19. The minimum Gasteiger partial charge on any atom is -0.366 e. The summed E-state index contributed by atoms with van der Waals surface area (Å²) in [4.78, 5) is 40.4. The van der Waals surface area contributed by atoms with E-state index in [9.17, 15) is 19.7 Å². The van der Waals surface area contributed by atoms with Crippen LogP contribution in [0.15, 0.2) is 54.2 Å². The number of non-ortho nitro benzene ring substituents is 1. The first-order chi connectivity index (χ1) is 14.4. The van der Waals surface area contributed by atoms with Crippen molar-refractivity contribution in [2.24, 2.45) is 5.92 Å². The molecular weight excluding hydrogens is 406 g/mol. The van der Waals surface area contributed by atoms with Crippen molar-refractivity contribution >= 4 is 40.4 Å². The van der Waals surface area contributed by atoms with Gasteiger partial charge in [-0.2, -0.15) is 0 Å². The largest absolute Gasteiger partial charge is 0.366 e. The van der Waals surface area contributed by atoms with Crippen molar-refractivity contribution in [1.82, 2.24) is 4.90 Å². The molecule has 0 aromatic heterocycles. The number of carbonyl (C=O) groups excluding carboxylic acids is 2. The summed E-state index contributed by atoms with van der Waals surface area (Å²) in [7, 11) is 0. The highest BCUT2D eigenvalue weighted by atomic mass is 35.5. The number of hydrogen-bond acceptors (Lipinski definition) is 5. The van der Waals surface area contributed by atoms with Gasteiger partial charge in [0.15, 0.2) is 0 Å². The van der Waals surface area contributed by atoms with Gasteiger partial charge in [0, 0.05) is 25.2 Å². The zero-order chi connectivity index (χ0) is 21.4. The number of anilines is 1. The van der Waals surface area contributed by atoms with Crippen LogP contribution in [0.1, 0.15) is 25.3 Å². The van der Waals surface area contributed by atoms with Gasteiger partial charge in [0.05, 0.1) is 21.2 Å². The smallest absolute Gasteiger partial charge is 0.282 e. The van der Waals surface area contributed by atoms with Crippen LogP contribution in [-0.4, -0.2) is 34.7 Å². The summed E-state index contributed by atoms with van der Waals surface area (Å²) in [6.07, 6.45) is 1.84. The molecule has 0 spiro atoms. The van der Waals surface area contributed by atoms with Crippen LogP contribution in [0.25, 0.3) is 5.57 Å². The second-order valence-corrected chi connectivity index (χ2v) is 8.00.